The second-order valence-electron chi connectivity index (χ2n) is 2.90. The molecule has 1 aromatic rings. The van der Waals surface area contributed by atoms with Crippen LogP contribution in [-0.4, -0.2) is 18.0 Å². The molecule has 0 unspecified atom stereocenters. The molecule has 0 heterocycles. The zero-order valence-electron chi connectivity index (χ0n) is 8.10. The third-order valence-electron chi connectivity index (χ3n) is 1.87. The van der Waals surface area contributed by atoms with Crippen LogP contribution in [0.2, 0.25) is 0 Å². The number of benzene rings is 1. The largest absolute Gasteiger partial charge is 0.469 e. The number of rotatable bonds is 3. The molecule has 0 saturated heterocycles. The molecule has 80 valence electrons. The van der Waals surface area contributed by atoms with Crippen LogP contribution in [-0.2, 0) is 16.0 Å². The topological polar surface area (TPSA) is 95.5 Å². The van der Waals surface area contributed by atoms with E-state index >= 15 is 0 Å². The molecule has 0 saturated carbocycles. The molecule has 0 fully saturated rings. The van der Waals surface area contributed by atoms with Crippen molar-refractivity contribution in [3.05, 3.63) is 33.9 Å². The number of hydrogen-bond donors (Lipinski definition) is 1. The van der Waals surface area contributed by atoms with Crippen LogP contribution in [0.15, 0.2) is 18.2 Å². The summed E-state index contributed by atoms with van der Waals surface area (Å²) in [6.45, 7) is 0. The van der Waals surface area contributed by atoms with E-state index < -0.39 is 10.9 Å². The van der Waals surface area contributed by atoms with Gasteiger partial charge in [-0.1, -0.05) is 0 Å². The van der Waals surface area contributed by atoms with Gasteiger partial charge >= 0.3 is 5.97 Å². The van der Waals surface area contributed by atoms with E-state index in [4.69, 9.17) is 5.73 Å². The average Bonchev–Trinajstić information content (AvgIpc) is 2.20. The van der Waals surface area contributed by atoms with Gasteiger partial charge in [-0.3, -0.25) is 14.9 Å². The van der Waals surface area contributed by atoms with Crippen LogP contribution in [0.4, 0.5) is 11.4 Å². The molecule has 1 rings (SSSR count). The van der Waals surface area contributed by atoms with E-state index in [-0.39, 0.29) is 17.8 Å². The highest BCUT2D eigenvalue weighted by molar-refractivity contribution is 5.74. The van der Waals surface area contributed by atoms with Gasteiger partial charge < -0.3 is 10.5 Å². The van der Waals surface area contributed by atoms with E-state index in [1.54, 1.807) is 0 Å². The summed E-state index contributed by atoms with van der Waals surface area (Å²) in [4.78, 5) is 21.0. The highest BCUT2D eigenvalue weighted by atomic mass is 16.6. The highest BCUT2D eigenvalue weighted by Crippen LogP contribution is 2.22. The summed E-state index contributed by atoms with van der Waals surface area (Å²) in [5.74, 6) is -0.525. The maximum absolute atomic E-state index is 11.0. The molecule has 0 spiro atoms. The number of nitro groups is 1. The summed E-state index contributed by atoms with van der Waals surface area (Å²) < 4.78 is 4.43. The summed E-state index contributed by atoms with van der Waals surface area (Å²) >= 11 is 0. The summed E-state index contributed by atoms with van der Waals surface area (Å²) in [5, 5.41) is 10.6. The molecule has 0 atom stereocenters. The number of carbonyl (C=O) groups excluding carboxylic acids is 1. The molecule has 0 amide bonds. The average molecular weight is 210 g/mol. The standard InChI is InChI=1S/C9H10N2O4/c1-15-9(12)4-6-2-3-7(10)5-8(6)11(13)14/h2-3,5H,4,10H2,1H3. The molecule has 0 aliphatic heterocycles. The van der Waals surface area contributed by atoms with Crippen molar-refractivity contribution in [2.75, 3.05) is 12.8 Å². The fraction of sp³-hybridized carbons (Fsp3) is 0.222. The van der Waals surface area contributed by atoms with Gasteiger partial charge in [0.2, 0.25) is 0 Å². The van der Waals surface area contributed by atoms with Crippen molar-refractivity contribution in [3.8, 4) is 0 Å². The fourth-order valence-electron chi connectivity index (χ4n) is 1.13. The smallest absolute Gasteiger partial charge is 0.310 e. The predicted molar refractivity (Wildman–Crippen MR) is 53.2 cm³/mol. The first kappa shape index (κ1) is 11.0. The van der Waals surface area contributed by atoms with Gasteiger partial charge in [0.15, 0.2) is 0 Å². The Bertz CT molecular complexity index is 403. The molecule has 6 heteroatoms. The van der Waals surface area contributed by atoms with Crippen molar-refractivity contribution >= 4 is 17.3 Å². The van der Waals surface area contributed by atoms with Gasteiger partial charge in [0.1, 0.15) is 0 Å². The van der Waals surface area contributed by atoms with Crippen LogP contribution < -0.4 is 5.73 Å². The Balaban J connectivity index is 3.06. The van der Waals surface area contributed by atoms with Gasteiger partial charge in [-0.25, -0.2) is 0 Å². The lowest BCUT2D eigenvalue weighted by Gasteiger charge is -2.02. The maximum atomic E-state index is 11.0. The van der Waals surface area contributed by atoms with Gasteiger partial charge in [0, 0.05) is 17.3 Å². The molecule has 1 aromatic carbocycles. The Labute approximate surface area is 85.8 Å². The predicted octanol–water partition coefficient (Wildman–Crippen LogP) is 0.892. The quantitative estimate of drug-likeness (QED) is 0.346. The Hall–Kier alpha value is -2.11. The van der Waals surface area contributed by atoms with Crippen LogP contribution >= 0.6 is 0 Å². The molecule has 0 radical (unpaired) electrons. The molecule has 2 N–H and O–H groups in total. The molecule has 0 aromatic heterocycles. The minimum absolute atomic E-state index is 0.132. The van der Waals surface area contributed by atoms with Crippen molar-refractivity contribution in [1.29, 1.82) is 0 Å². The molecular formula is C9H10N2O4. The number of nitro benzene ring substituents is 1. The fourth-order valence-corrected chi connectivity index (χ4v) is 1.13. The lowest BCUT2D eigenvalue weighted by molar-refractivity contribution is -0.385. The number of ether oxygens (including phenoxy) is 1. The number of carbonyl (C=O) groups is 1. The summed E-state index contributed by atoms with van der Waals surface area (Å²) in [5.41, 5.74) is 5.82. The second kappa shape index (κ2) is 4.41. The summed E-state index contributed by atoms with van der Waals surface area (Å²) in [7, 11) is 1.23. The Morgan fingerprint density at radius 1 is 1.60 bits per heavy atom. The van der Waals surface area contributed by atoms with E-state index in [1.165, 1.54) is 25.3 Å². The van der Waals surface area contributed by atoms with Crippen molar-refractivity contribution in [1.82, 2.24) is 0 Å². The monoisotopic (exact) mass is 210 g/mol. The van der Waals surface area contributed by atoms with Crippen LogP contribution in [0.1, 0.15) is 5.56 Å². The first-order valence-corrected chi connectivity index (χ1v) is 4.14. The molecule has 0 bridgehead atoms. The van der Waals surface area contributed by atoms with E-state index in [2.05, 4.69) is 4.74 Å². The van der Waals surface area contributed by atoms with Gasteiger partial charge in [-0.05, 0) is 12.1 Å². The number of nitrogens with zero attached hydrogens (tertiary/aromatic N) is 1. The zero-order valence-corrected chi connectivity index (χ0v) is 8.10. The maximum Gasteiger partial charge on any atom is 0.310 e. The van der Waals surface area contributed by atoms with Gasteiger partial charge in [-0.15, -0.1) is 0 Å². The first-order chi connectivity index (χ1) is 7.04. The molecule has 6 nitrogen and oxygen atoms in total. The van der Waals surface area contributed by atoms with Crippen LogP contribution in [0.25, 0.3) is 0 Å². The highest BCUT2D eigenvalue weighted by Gasteiger charge is 2.16. The van der Waals surface area contributed by atoms with E-state index in [1.807, 2.05) is 0 Å². The van der Waals surface area contributed by atoms with Crippen molar-refractivity contribution in [3.63, 3.8) is 0 Å². The van der Waals surface area contributed by atoms with Crippen LogP contribution in [0.5, 0.6) is 0 Å². The van der Waals surface area contributed by atoms with E-state index in [0.29, 0.717) is 5.56 Å². The normalized spacial score (nSPS) is 9.67. The summed E-state index contributed by atoms with van der Waals surface area (Å²) in [6, 6.07) is 4.17. The number of nitrogen functional groups attached to an aromatic ring is 1. The molecule has 15 heavy (non-hydrogen) atoms. The van der Waals surface area contributed by atoms with Crippen molar-refractivity contribution < 1.29 is 14.5 Å². The minimum atomic E-state index is -0.575. The summed E-state index contributed by atoms with van der Waals surface area (Å²) in [6.07, 6.45) is -0.132. The zero-order chi connectivity index (χ0) is 11.4. The lowest BCUT2D eigenvalue weighted by Crippen LogP contribution is -2.07. The Kier molecular flexibility index (Phi) is 3.22. The third-order valence-corrected chi connectivity index (χ3v) is 1.87. The SMILES string of the molecule is COC(=O)Cc1ccc(N)cc1[N+](=O)[O-]. The lowest BCUT2D eigenvalue weighted by atomic mass is 10.1. The van der Waals surface area contributed by atoms with Gasteiger partial charge in [-0.2, -0.15) is 0 Å². The second-order valence-corrected chi connectivity index (χ2v) is 2.90. The number of methoxy groups -OCH3 is 1. The number of esters is 1. The van der Waals surface area contributed by atoms with Crippen LogP contribution in [0, 0.1) is 10.1 Å². The van der Waals surface area contributed by atoms with Crippen molar-refractivity contribution in [2.24, 2.45) is 0 Å². The molecule has 0 aliphatic rings. The Morgan fingerprint density at radius 2 is 2.27 bits per heavy atom. The van der Waals surface area contributed by atoms with E-state index in [0.717, 1.165) is 0 Å². The minimum Gasteiger partial charge on any atom is -0.469 e. The molecule has 0 aliphatic carbocycles. The third kappa shape index (κ3) is 2.67. The number of anilines is 1. The van der Waals surface area contributed by atoms with Crippen LogP contribution in [0.3, 0.4) is 0 Å². The number of nitrogens with two attached hydrogens (primary N) is 1. The van der Waals surface area contributed by atoms with Gasteiger partial charge in [0.05, 0.1) is 18.5 Å². The van der Waals surface area contributed by atoms with Gasteiger partial charge in [0.25, 0.3) is 5.69 Å². The first-order valence-electron chi connectivity index (χ1n) is 4.14. The van der Waals surface area contributed by atoms with Crippen molar-refractivity contribution in [2.45, 2.75) is 6.42 Å². The number of hydrogen-bond acceptors (Lipinski definition) is 5. The Morgan fingerprint density at radius 3 is 2.80 bits per heavy atom. The molecular weight excluding hydrogens is 200 g/mol. The van der Waals surface area contributed by atoms with E-state index in [9.17, 15) is 14.9 Å².